The van der Waals surface area contributed by atoms with Gasteiger partial charge in [0, 0.05) is 32.4 Å². The monoisotopic (exact) mass is 220 g/mol. The van der Waals surface area contributed by atoms with Crippen molar-refractivity contribution in [3.63, 3.8) is 0 Å². The van der Waals surface area contributed by atoms with Gasteiger partial charge >= 0.3 is 0 Å². The van der Waals surface area contributed by atoms with Crippen LogP contribution in [0.1, 0.15) is 5.56 Å². The predicted molar refractivity (Wildman–Crippen MR) is 67.1 cm³/mol. The number of methoxy groups -OCH3 is 1. The minimum absolute atomic E-state index is 0.446. The van der Waals surface area contributed by atoms with Gasteiger partial charge in [-0.25, -0.2) is 0 Å². The SMILES string of the molecule is COCC1CNCCN1c1ccc(C)cc1. The van der Waals surface area contributed by atoms with E-state index in [1.807, 2.05) is 0 Å². The largest absolute Gasteiger partial charge is 0.383 e. The molecule has 1 unspecified atom stereocenters. The molecule has 0 aliphatic carbocycles. The number of hydrogen-bond acceptors (Lipinski definition) is 3. The number of aryl methyl sites for hydroxylation is 1. The van der Waals surface area contributed by atoms with Crippen molar-refractivity contribution in [3.8, 4) is 0 Å². The molecular formula is C13H20N2O. The molecule has 2 rings (SSSR count). The summed E-state index contributed by atoms with van der Waals surface area (Å²) in [5.41, 5.74) is 2.61. The van der Waals surface area contributed by atoms with Crippen molar-refractivity contribution in [3.05, 3.63) is 29.8 Å². The first-order valence-corrected chi connectivity index (χ1v) is 5.84. The van der Waals surface area contributed by atoms with Crippen molar-refractivity contribution in [1.82, 2.24) is 5.32 Å². The zero-order chi connectivity index (χ0) is 11.4. The van der Waals surface area contributed by atoms with Crippen molar-refractivity contribution in [2.75, 3.05) is 38.3 Å². The Bertz CT molecular complexity index is 321. The molecule has 3 heteroatoms. The van der Waals surface area contributed by atoms with Gasteiger partial charge in [-0.2, -0.15) is 0 Å². The van der Waals surface area contributed by atoms with Crippen LogP contribution in [0.4, 0.5) is 5.69 Å². The lowest BCUT2D eigenvalue weighted by Crippen LogP contribution is -2.53. The van der Waals surface area contributed by atoms with Gasteiger partial charge in [0.25, 0.3) is 0 Å². The van der Waals surface area contributed by atoms with Gasteiger partial charge in [-0.05, 0) is 19.1 Å². The Morgan fingerprint density at radius 1 is 1.38 bits per heavy atom. The summed E-state index contributed by atoms with van der Waals surface area (Å²) < 4.78 is 5.28. The van der Waals surface area contributed by atoms with E-state index < -0.39 is 0 Å². The highest BCUT2D eigenvalue weighted by Crippen LogP contribution is 2.19. The Labute approximate surface area is 97.4 Å². The number of hydrogen-bond donors (Lipinski definition) is 1. The van der Waals surface area contributed by atoms with Crippen LogP contribution in [0.3, 0.4) is 0 Å². The first-order valence-electron chi connectivity index (χ1n) is 5.84. The molecule has 0 radical (unpaired) electrons. The molecule has 1 aromatic rings. The van der Waals surface area contributed by atoms with E-state index in [4.69, 9.17) is 4.74 Å². The van der Waals surface area contributed by atoms with Gasteiger partial charge in [-0.1, -0.05) is 17.7 Å². The Morgan fingerprint density at radius 2 is 2.12 bits per heavy atom. The van der Waals surface area contributed by atoms with Crippen LogP contribution in [-0.2, 0) is 4.74 Å². The maximum Gasteiger partial charge on any atom is 0.0678 e. The van der Waals surface area contributed by atoms with Gasteiger partial charge in [0.15, 0.2) is 0 Å². The third kappa shape index (κ3) is 2.54. The average Bonchev–Trinajstić information content (AvgIpc) is 2.32. The summed E-state index contributed by atoms with van der Waals surface area (Å²) in [7, 11) is 1.77. The molecule has 0 amide bonds. The van der Waals surface area contributed by atoms with Crippen LogP contribution in [0.2, 0.25) is 0 Å². The number of piperazine rings is 1. The molecule has 0 aromatic heterocycles. The summed E-state index contributed by atoms with van der Waals surface area (Å²) in [6.07, 6.45) is 0. The second kappa shape index (κ2) is 5.32. The van der Waals surface area contributed by atoms with Gasteiger partial charge in [-0.3, -0.25) is 0 Å². The number of anilines is 1. The third-order valence-electron chi connectivity index (χ3n) is 3.07. The molecule has 0 spiro atoms. The van der Waals surface area contributed by atoms with E-state index in [0.29, 0.717) is 6.04 Å². The Hall–Kier alpha value is -1.06. The van der Waals surface area contributed by atoms with E-state index >= 15 is 0 Å². The van der Waals surface area contributed by atoms with Crippen molar-refractivity contribution in [1.29, 1.82) is 0 Å². The van der Waals surface area contributed by atoms with Crippen molar-refractivity contribution in [2.24, 2.45) is 0 Å². The quantitative estimate of drug-likeness (QED) is 0.834. The highest BCUT2D eigenvalue weighted by Gasteiger charge is 2.21. The highest BCUT2D eigenvalue weighted by molar-refractivity contribution is 5.49. The van der Waals surface area contributed by atoms with Gasteiger partial charge in [-0.15, -0.1) is 0 Å². The first kappa shape index (κ1) is 11.4. The molecule has 0 saturated carbocycles. The smallest absolute Gasteiger partial charge is 0.0678 e. The van der Waals surface area contributed by atoms with Crippen molar-refractivity contribution in [2.45, 2.75) is 13.0 Å². The van der Waals surface area contributed by atoms with Crippen LogP contribution in [0, 0.1) is 6.92 Å². The Balaban J connectivity index is 2.13. The zero-order valence-electron chi connectivity index (χ0n) is 10.1. The number of nitrogens with zero attached hydrogens (tertiary/aromatic N) is 1. The summed E-state index contributed by atoms with van der Waals surface area (Å²) in [6, 6.07) is 9.18. The standard InChI is InChI=1S/C13H20N2O/c1-11-3-5-12(6-4-11)15-8-7-14-9-13(15)10-16-2/h3-6,13-14H,7-10H2,1-2H3. The average molecular weight is 220 g/mol. The van der Waals surface area contributed by atoms with E-state index in [0.717, 1.165) is 26.2 Å². The molecule has 88 valence electrons. The molecule has 0 bridgehead atoms. The second-order valence-electron chi connectivity index (χ2n) is 4.34. The molecule has 1 aliphatic rings. The fourth-order valence-electron chi connectivity index (χ4n) is 2.18. The number of ether oxygens (including phenoxy) is 1. The summed E-state index contributed by atoms with van der Waals surface area (Å²) >= 11 is 0. The van der Waals surface area contributed by atoms with Crippen LogP contribution in [-0.4, -0.2) is 39.4 Å². The molecular weight excluding hydrogens is 200 g/mol. The molecule has 1 atom stereocenters. The fraction of sp³-hybridized carbons (Fsp3) is 0.538. The second-order valence-corrected chi connectivity index (χ2v) is 4.34. The minimum Gasteiger partial charge on any atom is -0.383 e. The Morgan fingerprint density at radius 3 is 2.81 bits per heavy atom. The lowest BCUT2D eigenvalue weighted by Gasteiger charge is -2.37. The maximum absolute atomic E-state index is 5.28. The molecule has 1 saturated heterocycles. The summed E-state index contributed by atoms with van der Waals surface area (Å²) in [6.45, 7) is 6.00. The number of nitrogens with one attached hydrogen (secondary N) is 1. The maximum atomic E-state index is 5.28. The normalized spacial score (nSPS) is 21.1. The van der Waals surface area contributed by atoms with E-state index in [2.05, 4.69) is 41.4 Å². The van der Waals surface area contributed by atoms with Crippen LogP contribution in [0.5, 0.6) is 0 Å². The van der Waals surface area contributed by atoms with Gasteiger partial charge < -0.3 is 15.0 Å². The minimum atomic E-state index is 0.446. The highest BCUT2D eigenvalue weighted by atomic mass is 16.5. The van der Waals surface area contributed by atoms with Crippen LogP contribution in [0.25, 0.3) is 0 Å². The number of benzene rings is 1. The van der Waals surface area contributed by atoms with E-state index in [9.17, 15) is 0 Å². The fourth-order valence-corrected chi connectivity index (χ4v) is 2.18. The molecule has 1 aromatic carbocycles. The molecule has 16 heavy (non-hydrogen) atoms. The van der Waals surface area contributed by atoms with E-state index in [1.54, 1.807) is 7.11 Å². The lowest BCUT2D eigenvalue weighted by molar-refractivity contribution is 0.170. The van der Waals surface area contributed by atoms with E-state index in [1.165, 1.54) is 11.3 Å². The molecule has 1 fully saturated rings. The molecule has 3 nitrogen and oxygen atoms in total. The topological polar surface area (TPSA) is 24.5 Å². The lowest BCUT2D eigenvalue weighted by atomic mass is 10.1. The third-order valence-corrected chi connectivity index (χ3v) is 3.07. The van der Waals surface area contributed by atoms with Gasteiger partial charge in [0.05, 0.1) is 12.6 Å². The molecule has 1 heterocycles. The molecule has 1 N–H and O–H groups in total. The summed E-state index contributed by atoms with van der Waals surface area (Å²) in [5.74, 6) is 0. The van der Waals surface area contributed by atoms with Crippen molar-refractivity contribution >= 4 is 5.69 Å². The van der Waals surface area contributed by atoms with Gasteiger partial charge in [0.2, 0.25) is 0 Å². The molecule has 1 aliphatic heterocycles. The van der Waals surface area contributed by atoms with Crippen molar-refractivity contribution < 1.29 is 4.74 Å². The summed E-state index contributed by atoms with van der Waals surface area (Å²) in [4.78, 5) is 2.43. The Kier molecular flexibility index (Phi) is 3.80. The zero-order valence-corrected chi connectivity index (χ0v) is 10.1. The number of rotatable bonds is 3. The van der Waals surface area contributed by atoms with Crippen LogP contribution >= 0.6 is 0 Å². The van der Waals surface area contributed by atoms with Gasteiger partial charge in [0.1, 0.15) is 0 Å². The van der Waals surface area contributed by atoms with Crippen LogP contribution < -0.4 is 10.2 Å². The van der Waals surface area contributed by atoms with E-state index in [-0.39, 0.29) is 0 Å². The van der Waals surface area contributed by atoms with Crippen LogP contribution in [0.15, 0.2) is 24.3 Å². The first-order chi connectivity index (χ1) is 7.81. The summed E-state index contributed by atoms with van der Waals surface area (Å²) in [5, 5.41) is 3.41. The predicted octanol–water partition coefficient (Wildman–Crippen LogP) is 1.42.